The normalized spacial score (nSPS) is 13.0. The lowest BCUT2D eigenvalue weighted by molar-refractivity contribution is -0.119. The van der Waals surface area contributed by atoms with Gasteiger partial charge in [-0.05, 0) is 34.4 Å². The van der Waals surface area contributed by atoms with Gasteiger partial charge in [-0.1, -0.05) is 60.7 Å². The molecule has 1 aliphatic carbocycles. The van der Waals surface area contributed by atoms with Gasteiger partial charge in [-0.2, -0.15) is 0 Å². The summed E-state index contributed by atoms with van der Waals surface area (Å²) in [5, 5.41) is 13.8. The number of carbonyl (C=O) groups is 3. The maximum Gasteiger partial charge on any atom is 0.407 e. The number of nitrogens with one attached hydrogen (secondary N) is 2. The SMILES string of the molecule is O=C(NC(CC(F)F)C(=O)Nc1ccccc1C(=O)O)OCC1c2ccccc2-c2ccccc21. The number of alkyl carbamates (subject to hydrolysis) is 1. The van der Waals surface area contributed by atoms with Gasteiger partial charge < -0.3 is 20.5 Å². The molecule has 1 unspecified atom stereocenters. The Morgan fingerprint density at radius 3 is 2.06 bits per heavy atom. The number of hydrogen-bond donors (Lipinski definition) is 3. The molecular formula is C26H22F2N2O5. The summed E-state index contributed by atoms with van der Waals surface area (Å²) in [7, 11) is 0. The molecule has 1 atom stereocenters. The molecule has 4 rings (SSSR count). The van der Waals surface area contributed by atoms with Crippen LogP contribution in [-0.2, 0) is 9.53 Å². The molecule has 0 saturated carbocycles. The van der Waals surface area contributed by atoms with Gasteiger partial charge in [0.15, 0.2) is 0 Å². The smallest absolute Gasteiger partial charge is 0.407 e. The van der Waals surface area contributed by atoms with Crippen molar-refractivity contribution < 1.29 is 33.0 Å². The molecule has 0 radical (unpaired) electrons. The van der Waals surface area contributed by atoms with Crippen molar-refractivity contribution in [1.29, 1.82) is 0 Å². The standard InChI is InChI=1S/C26H22F2N2O5/c27-23(28)13-22(24(31)29-21-12-6-5-11-19(21)25(32)33)30-26(34)35-14-20-17-9-3-1-7-15(17)16-8-2-4-10-18(16)20/h1-12,20,22-23H,13-14H2,(H,29,31)(H,30,34)(H,32,33). The number of amides is 2. The summed E-state index contributed by atoms with van der Waals surface area (Å²) in [5.74, 6) is -2.51. The van der Waals surface area contributed by atoms with Crippen molar-refractivity contribution in [1.82, 2.24) is 5.32 Å². The summed E-state index contributed by atoms with van der Waals surface area (Å²) in [4.78, 5) is 36.5. The van der Waals surface area contributed by atoms with E-state index in [0.717, 1.165) is 22.3 Å². The molecule has 35 heavy (non-hydrogen) atoms. The van der Waals surface area contributed by atoms with E-state index in [1.807, 2.05) is 48.5 Å². The second-order valence-electron chi connectivity index (χ2n) is 7.99. The third-order valence-electron chi connectivity index (χ3n) is 5.78. The number of alkyl halides is 2. The zero-order chi connectivity index (χ0) is 24.9. The molecule has 0 saturated heterocycles. The van der Waals surface area contributed by atoms with Crippen molar-refractivity contribution in [2.45, 2.75) is 24.8 Å². The number of carboxylic acids is 1. The molecule has 7 nitrogen and oxygen atoms in total. The van der Waals surface area contributed by atoms with Gasteiger partial charge in [-0.15, -0.1) is 0 Å². The lowest BCUT2D eigenvalue weighted by Gasteiger charge is -2.20. The van der Waals surface area contributed by atoms with Crippen LogP contribution in [0.1, 0.15) is 33.8 Å². The Labute approximate surface area is 199 Å². The van der Waals surface area contributed by atoms with Crippen LogP contribution in [0.5, 0.6) is 0 Å². The van der Waals surface area contributed by atoms with Gasteiger partial charge in [0, 0.05) is 12.3 Å². The van der Waals surface area contributed by atoms with E-state index in [4.69, 9.17) is 4.74 Å². The maximum absolute atomic E-state index is 13.1. The molecule has 2 amide bonds. The highest BCUT2D eigenvalue weighted by molar-refractivity contribution is 6.02. The molecule has 3 aromatic rings. The van der Waals surface area contributed by atoms with Crippen molar-refractivity contribution in [3.8, 4) is 11.1 Å². The summed E-state index contributed by atoms with van der Waals surface area (Å²) in [6.07, 6.45) is -4.89. The zero-order valence-corrected chi connectivity index (χ0v) is 18.4. The first-order valence-corrected chi connectivity index (χ1v) is 10.9. The second-order valence-corrected chi connectivity index (χ2v) is 7.99. The lowest BCUT2D eigenvalue weighted by Crippen LogP contribution is -2.45. The largest absolute Gasteiger partial charge is 0.478 e. The third kappa shape index (κ3) is 5.29. The third-order valence-corrected chi connectivity index (χ3v) is 5.78. The number of para-hydroxylation sites is 1. The first-order valence-electron chi connectivity index (χ1n) is 10.9. The molecule has 0 fully saturated rings. The van der Waals surface area contributed by atoms with Gasteiger partial charge in [0.25, 0.3) is 0 Å². The number of aromatic carboxylic acids is 1. The van der Waals surface area contributed by atoms with Crippen molar-refractivity contribution in [2.75, 3.05) is 11.9 Å². The van der Waals surface area contributed by atoms with Crippen LogP contribution in [0, 0.1) is 0 Å². The van der Waals surface area contributed by atoms with Crippen molar-refractivity contribution in [3.05, 3.63) is 89.5 Å². The number of anilines is 1. The fraction of sp³-hybridized carbons (Fsp3) is 0.192. The van der Waals surface area contributed by atoms with Gasteiger partial charge in [0.2, 0.25) is 12.3 Å². The van der Waals surface area contributed by atoms with Crippen LogP contribution >= 0.6 is 0 Å². The van der Waals surface area contributed by atoms with E-state index >= 15 is 0 Å². The number of rotatable bonds is 8. The van der Waals surface area contributed by atoms with Crippen LogP contribution in [0.2, 0.25) is 0 Å². The van der Waals surface area contributed by atoms with Gasteiger partial charge in [0.1, 0.15) is 12.6 Å². The number of hydrogen-bond acceptors (Lipinski definition) is 4. The Hall–Kier alpha value is -4.27. The van der Waals surface area contributed by atoms with Crippen LogP contribution in [-0.4, -0.2) is 42.2 Å². The molecule has 0 aliphatic heterocycles. The van der Waals surface area contributed by atoms with Crippen molar-refractivity contribution in [2.24, 2.45) is 0 Å². The topological polar surface area (TPSA) is 105 Å². The number of ether oxygens (including phenoxy) is 1. The summed E-state index contributed by atoms with van der Waals surface area (Å²) in [5.41, 5.74) is 3.74. The molecule has 180 valence electrons. The minimum absolute atomic E-state index is 0.0509. The Kier molecular flexibility index (Phi) is 7.05. The molecular weight excluding hydrogens is 458 g/mol. The number of benzene rings is 3. The molecule has 0 spiro atoms. The van der Waals surface area contributed by atoms with E-state index in [1.54, 1.807) is 0 Å². The maximum atomic E-state index is 13.1. The number of carbonyl (C=O) groups excluding carboxylic acids is 2. The van der Waals surface area contributed by atoms with E-state index in [2.05, 4.69) is 10.6 Å². The Morgan fingerprint density at radius 1 is 0.886 bits per heavy atom. The number of fused-ring (bicyclic) bond motifs is 3. The minimum atomic E-state index is -2.89. The molecule has 3 N–H and O–H groups in total. The van der Waals surface area contributed by atoms with Crippen molar-refractivity contribution in [3.63, 3.8) is 0 Å². The molecule has 0 bridgehead atoms. The Bertz CT molecular complexity index is 1220. The van der Waals surface area contributed by atoms with Crippen LogP contribution in [0.4, 0.5) is 19.3 Å². The Morgan fingerprint density at radius 2 is 1.46 bits per heavy atom. The average Bonchev–Trinajstić information content (AvgIpc) is 3.16. The molecule has 3 aromatic carbocycles. The van der Waals surface area contributed by atoms with E-state index in [0.29, 0.717) is 0 Å². The molecule has 9 heteroatoms. The van der Waals surface area contributed by atoms with E-state index in [1.165, 1.54) is 24.3 Å². The highest BCUT2D eigenvalue weighted by Crippen LogP contribution is 2.44. The van der Waals surface area contributed by atoms with Gasteiger partial charge in [0.05, 0.1) is 11.3 Å². The summed E-state index contributed by atoms with van der Waals surface area (Å²) < 4.78 is 31.6. The first kappa shape index (κ1) is 23.9. The fourth-order valence-electron chi connectivity index (χ4n) is 4.19. The second kappa shape index (κ2) is 10.3. The minimum Gasteiger partial charge on any atom is -0.478 e. The van der Waals surface area contributed by atoms with E-state index in [9.17, 15) is 28.3 Å². The molecule has 0 aromatic heterocycles. The highest BCUT2D eigenvalue weighted by Gasteiger charge is 2.30. The van der Waals surface area contributed by atoms with Crippen LogP contribution < -0.4 is 10.6 Å². The van der Waals surface area contributed by atoms with Crippen molar-refractivity contribution >= 4 is 23.7 Å². The lowest BCUT2D eigenvalue weighted by atomic mass is 9.98. The predicted molar refractivity (Wildman–Crippen MR) is 125 cm³/mol. The predicted octanol–water partition coefficient (Wildman–Crippen LogP) is 4.89. The first-order chi connectivity index (χ1) is 16.8. The van der Waals surface area contributed by atoms with Gasteiger partial charge in [-0.3, -0.25) is 4.79 Å². The monoisotopic (exact) mass is 480 g/mol. The average molecular weight is 480 g/mol. The highest BCUT2D eigenvalue weighted by atomic mass is 19.3. The quantitative estimate of drug-likeness (QED) is 0.426. The summed E-state index contributed by atoms with van der Waals surface area (Å²) >= 11 is 0. The summed E-state index contributed by atoms with van der Waals surface area (Å²) in [6.45, 7) is -0.0509. The van der Waals surface area contributed by atoms with Gasteiger partial charge in [-0.25, -0.2) is 18.4 Å². The number of carboxylic acid groups (broad SMARTS) is 1. The van der Waals surface area contributed by atoms with Crippen LogP contribution in [0.15, 0.2) is 72.8 Å². The zero-order valence-electron chi connectivity index (χ0n) is 18.4. The molecule has 1 aliphatic rings. The van der Waals surface area contributed by atoms with E-state index < -0.39 is 36.9 Å². The molecule has 0 heterocycles. The van der Waals surface area contributed by atoms with Crippen LogP contribution in [0.25, 0.3) is 11.1 Å². The summed E-state index contributed by atoms with van der Waals surface area (Å²) in [6, 6.07) is 19.4. The van der Waals surface area contributed by atoms with E-state index in [-0.39, 0.29) is 23.8 Å². The van der Waals surface area contributed by atoms with Crippen LogP contribution in [0.3, 0.4) is 0 Å². The Balaban J connectivity index is 1.44. The van der Waals surface area contributed by atoms with Gasteiger partial charge >= 0.3 is 12.1 Å². The number of halogens is 2. The fourth-order valence-corrected chi connectivity index (χ4v) is 4.19.